The number of ketones is 1. The molecule has 4 atom stereocenters. The SMILES string of the molecule is O=C(CS1(OS(=O)(=O)C(F)(F)C(F)(F)C2CC3CC(O)C2C3)CCCC1)c1cccc2ccccc12. The van der Waals surface area contributed by atoms with Crippen LogP contribution < -0.4 is 0 Å². The highest BCUT2D eigenvalue weighted by atomic mass is 32.3. The molecule has 2 bridgehead atoms. The lowest BCUT2D eigenvalue weighted by Crippen LogP contribution is -2.54. The molecule has 1 N–H and O–H groups in total. The Hall–Kier alpha value is -1.69. The van der Waals surface area contributed by atoms with Gasteiger partial charge in [0.1, 0.15) is 0 Å². The average Bonchev–Trinajstić information content (AvgIpc) is 3.54. The fourth-order valence-electron chi connectivity index (χ4n) is 6.20. The molecule has 2 aromatic carbocycles. The summed E-state index contributed by atoms with van der Waals surface area (Å²) in [6, 6.07) is 12.1. The Morgan fingerprint density at radius 3 is 2.33 bits per heavy atom. The number of carbonyl (C=O) groups excluding carboxylic acids is 1. The van der Waals surface area contributed by atoms with Crippen molar-refractivity contribution in [1.82, 2.24) is 0 Å². The molecule has 2 aromatic rings. The highest BCUT2D eigenvalue weighted by molar-refractivity contribution is 8.33. The number of rotatable bonds is 8. The second-order valence-electron chi connectivity index (χ2n) is 10.2. The smallest absolute Gasteiger partial charge is 0.393 e. The Bertz CT molecular complexity index is 1270. The van der Waals surface area contributed by atoms with Crippen molar-refractivity contribution in [2.24, 2.45) is 17.8 Å². The summed E-state index contributed by atoms with van der Waals surface area (Å²) in [5.74, 6) is -9.04. The number of aliphatic hydroxyl groups is 1. The predicted octanol–water partition coefficient (Wildman–Crippen LogP) is 5.52. The second kappa shape index (κ2) is 8.96. The highest BCUT2D eigenvalue weighted by Gasteiger charge is 2.73. The molecule has 0 aromatic heterocycles. The second-order valence-corrected chi connectivity index (χ2v) is 15.3. The molecule has 1 heterocycles. The number of hydrogen-bond acceptors (Lipinski definition) is 5. The van der Waals surface area contributed by atoms with E-state index in [2.05, 4.69) is 0 Å². The van der Waals surface area contributed by atoms with Crippen LogP contribution in [0.25, 0.3) is 10.8 Å². The standard InChI is InChI=1S/C25H28F4O5S2/c26-24(27,21-13-16-12-20(21)22(30)14-16)25(28,29)36(32,33)34-35(10-3-4-11-35)15-23(31)19-9-5-7-17-6-1-2-8-18(17)19/h1-2,5-9,16,20-22,30H,3-4,10-15H2. The molecule has 36 heavy (non-hydrogen) atoms. The molecule has 5 nitrogen and oxygen atoms in total. The fraction of sp³-hybridized carbons (Fsp3) is 0.560. The minimum absolute atomic E-state index is 0.0667. The summed E-state index contributed by atoms with van der Waals surface area (Å²) >= 11 is 0. The summed E-state index contributed by atoms with van der Waals surface area (Å²) < 4.78 is 91.3. The van der Waals surface area contributed by atoms with Crippen LogP contribution in [0, 0.1) is 17.8 Å². The molecular weight excluding hydrogens is 520 g/mol. The first kappa shape index (κ1) is 25.9. The number of fused-ring (bicyclic) bond motifs is 3. The van der Waals surface area contributed by atoms with Gasteiger partial charge in [0.05, 0.1) is 11.9 Å². The third-order valence-electron chi connectivity index (χ3n) is 7.95. The molecule has 3 fully saturated rings. The quantitative estimate of drug-likeness (QED) is 0.347. The molecule has 11 heteroatoms. The molecule has 0 radical (unpaired) electrons. The maximum absolute atomic E-state index is 15.2. The average molecular weight is 549 g/mol. The van der Waals surface area contributed by atoms with Crippen molar-refractivity contribution in [3.8, 4) is 0 Å². The van der Waals surface area contributed by atoms with Gasteiger partial charge in [0, 0.05) is 23.0 Å². The van der Waals surface area contributed by atoms with Gasteiger partial charge in [-0.2, -0.15) is 26.0 Å². The van der Waals surface area contributed by atoms with Crippen molar-refractivity contribution in [3.63, 3.8) is 0 Å². The number of halogens is 4. The maximum atomic E-state index is 15.2. The summed E-state index contributed by atoms with van der Waals surface area (Å²) in [6.45, 7) is 0. The molecular formula is C25H28F4O5S2. The molecule has 1 aliphatic heterocycles. The van der Waals surface area contributed by atoms with Crippen LogP contribution in [-0.2, 0) is 13.7 Å². The van der Waals surface area contributed by atoms with Crippen LogP contribution in [-0.4, -0.2) is 53.8 Å². The van der Waals surface area contributed by atoms with Crippen LogP contribution in [0.2, 0.25) is 0 Å². The first-order chi connectivity index (χ1) is 16.9. The first-order valence-electron chi connectivity index (χ1n) is 12.0. The highest BCUT2D eigenvalue weighted by Crippen LogP contribution is 2.62. The summed E-state index contributed by atoms with van der Waals surface area (Å²) in [4.78, 5) is 13.3. The number of hydrogen-bond donors (Lipinski definition) is 1. The van der Waals surface area contributed by atoms with Crippen molar-refractivity contribution in [2.45, 2.75) is 49.4 Å². The third kappa shape index (κ3) is 4.16. The summed E-state index contributed by atoms with van der Waals surface area (Å²) in [5.41, 5.74) is 0.306. The fourth-order valence-corrected chi connectivity index (χ4v) is 11.9. The van der Waals surface area contributed by atoms with E-state index in [-0.39, 0.29) is 36.7 Å². The van der Waals surface area contributed by atoms with Crippen LogP contribution >= 0.6 is 10.3 Å². The minimum atomic E-state index is -6.08. The Labute approximate surface area is 208 Å². The van der Waals surface area contributed by atoms with E-state index < -0.39 is 61.1 Å². The van der Waals surface area contributed by atoms with E-state index in [1.54, 1.807) is 42.5 Å². The van der Waals surface area contributed by atoms with Crippen LogP contribution in [0.15, 0.2) is 42.5 Å². The van der Waals surface area contributed by atoms with E-state index in [4.69, 9.17) is 3.63 Å². The number of benzene rings is 2. The van der Waals surface area contributed by atoms with E-state index in [0.29, 0.717) is 23.8 Å². The van der Waals surface area contributed by atoms with Crippen molar-refractivity contribution in [1.29, 1.82) is 0 Å². The lowest BCUT2D eigenvalue weighted by Gasteiger charge is -2.39. The van der Waals surface area contributed by atoms with Gasteiger partial charge in [0.15, 0.2) is 5.78 Å². The zero-order chi connectivity index (χ0) is 25.9. The molecule has 2 aliphatic carbocycles. The van der Waals surface area contributed by atoms with Crippen molar-refractivity contribution < 1.29 is 39.5 Å². The number of carbonyl (C=O) groups is 1. The Kier molecular flexibility index (Phi) is 6.45. The van der Waals surface area contributed by atoms with E-state index in [1.807, 2.05) is 0 Å². The molecule has 4 unspecified atom stereocenters. The van der Waals surface area contributed by atoms with Crippen LogP contribution in [0.4, 0.5) is 17.6 Å². The van der Waals surface area contributed by atoms with Gasteiger partial charge >= 0.3 is 21.3 Å². The van der Waals surface area contributed by atoms with Crippen molar-refractivity contribution in [3.05, 3.63) is 48.0 Å². The molecule has 198 valence electrons. The Balaban J connectivity index is 1.41. The van der Waals surface area contributed by atoms with Gasteiger partial charge in [-0.1, -0.05) is 42.5 Å². The zero-order valence-corrected chi connectivity index (χ0v) is 21.0. The van der Waals surface area contributed by atoms with Gasteiger partial charge in [-0.05, 0) is 54.7 Å². The first-order valence-corrected chi connectivity index (χ1v) is 15.5. The maximum Gasteiger partial charge on any atom is 0.432 e. The molecule has 2 saturated carbocycles. The van der Waals surface area contributed by atoms with E-state index >= 15 is 17.6 Å². The van der Waals surface area contributed by atoms with Gasteiger partial charge in [0.2, 0.25) is 0 Å². The molecule has 5 rings (SSSR count). The Morgan fingerprint density at radius 1 is 1.00 bits per heavy atom. The minimum Gasteiger partial charge on any atom is -0.393 e. The molecule has 0 spiro atoms. The predicted molar refractivity (Wildman–Crippen MR) is 130 cm³/mol. The van der Waals surface area contributed by atoms with Gasteiger partial charge in [0.25, 0.3) is 0 Å². The van der Waals surface area contributed by atoms with Crippen LogP contribution in [0.5, 0.6) is 0 Å². The summed E-state index contributed by atoms with van der Waals surface area (Å²) in [6.07, 6.45) is -0.0769. The number of alkyl halides is 4. The van der Waals surface area contributed by atoms with Gasteiger partial charge < -0.3 is 5.11 Å². The lowest BCUT2D eigenvalue weighted by atomic mass is 9.82. The van der Waals surface area contributed by atoms with E-state index in [1.165, 1.54) is 0 Å². The number of Topliss-reactive ketones (excluding diaryl/α,β-unsaturated/α-hetero) is 1. The van der Waals surface area contributed by atoms with Crippen LogP contribution in [0.1, 0.15) is 42.5 Å². The van der Waals surface area contributed by atoms with E-state index in [9.17, 15) is 18.3 Å². The topological polar surface area (TPSA) is 80.7 Å². The van der Waals surface area contributed by atoms with Crippen LogP contribution in [0.3, 0.4) is 0 Å². The van der Waals surface area contributed by atoms with Gasteiger partial charge in [-0.3, -0.25) is 4.79 Å². The Morgan fingerprint density at radius 2 is 1.67 bits per heavy atom. The summed E-state index contributed by atoms with van der Waals surface area (Å²) in [7, 11) is -9.00. The largest absolute Gasteiger partial charge is 0.432 e. The van der Waals surface area contributed by atoms with Crippen molar-refractivity contribution in [2.75, 3.05) is 17.3 Å². The molecule has 3 aliphatic rings. The summed E-state index contributed by atoms with van der Waals surface area (Å²) in [5, 5.41) is 5.91. The lowest BCUT2D eigenvalue weighted by molar-refractivity contribution is -0.208. The zero-order valence-electron chi connectivity index (χ0n) is 19.4. The molecule has 0 amide bonds. The monoisotopic (exact) mass is 548 g/mol. The normalized spacial score (nSPS) is 29.0. The van der Waals surface area contributed by atoms with Gasteiger partial charge in [-0.25, -0.2) is 3.63 Å². The third-order valence-corrected chi connectivity index (χ3v) is 13.6. The van der Waals surface area contributed by atoms with Crippen molar-refractivity contribution >= 4 is 37.0 Å². The van der Waals surface area contributed by atoms with Gasteiger partial charge in [-0.15, -0.1) is 10.3 Å². The van der Waals surface area contributed by atoms with E-state index in [0.717, 1.165) is 5.39 Å². The molecule has 1 saturated heterocycles. The number of aliphatic hydroxyl groups excluding tert-OH is 1.